The first-order chi connectivity index (χ1) is 11.4. The summed E-state index contributed by atoms with van der Waals surface area (Å²) >= 11 is 5.95. The Hall–Kier alpha value is -2.42. The highest BCUT2D eigenvalue weighted by molar-refractivity contribution is 7.86. The van der Waals surface area contributed by atoms with Crippen LogP contribution in [0.5, 0.6) is 0 Å². The molecule has 3 N–H and O–H groups in total. The second-order valence-corrected chi connectivity index (χ2v) is 6.66. The quantitative estimate of drug-likeness (QED) is 0.479. The zero-order valence-electron chi connectivity index (χ0n) is 12.7. The van der Waals surface area contributed by atoms with Gasteiger partial charge in [-0.25, -0.2) is 5.48 Å². The van der Waals surface area contributed by atoms with Crippen molar-refractivity contribution in [3.8, 4) is 0 Å². The van der Waals surface area contributed by atoms with Crippen molar-refractivity contribution in [2.75, 3.05) is 0 Å². The zero-order valence-corrected chi connectivity index (χ0v) is 14.3. The third-order valence-corrected chi connectivity index (χ3v) is 4.33. The lowest BCUT2D eigenvalue weighted by Crippen LogP contribution is -2.33. The molecule has 0 aromatic heterocycles. The molecule has 0 fully saturated rings. The van der Waals surface area contributed by atoms with E-state index in [1.807, 2.05) is 12.4 Å². The van der Waals surface area contributed by atoms with Crippen molar-refractivity contribution in [1.29, 1.82) is 0 Å². The lowest BCUT2D eigenvalue weighted by atomic mass is 10.2. The Balaban J connectivity index is 1.98. The van der Waals surface area contributed by atoms with E-state index in [9.17, 15) is 8.42 Å². The fourth-order valence-corrected chi connectivity index (χ4v) is 2.55. The smallest absolute Gasteiger partial charge is 0.317 e. The van der Waals surface area contributed by atoms with Crippen molar-refractivity contribution in [3.05, 3.63) is 64.7 Å². The van der Waals surface area contributed by atoms with Crippen LogP contribution < -0.4 is 11.2 Å². The van der Waals surface area contributed by atoms with Crippen LogP contribution in [0.15, 0.2) is 63.6 Å². The van der Waals surface area contributed by atoms with Crippen molar-refractivity contribution in [3.63, 3.8) is 0 Å². The molecule has 0 heterocycles. The van der Waals surface area contributed by atoms with Gasteiger partial charge in [0.25, 0.3) is 0 Å². The number of rotatable bonds is 5. The first-order valence-corrected chi connectivity index (χ1v) is 8.54. The third-order valence-electron chi connectivity index (χ3n) is 2.83. The van der Waals surface area contributed by atoms with Crippen molar-refractivity contribution in [2.45, 2.75) is 11.8 Å². The van der Waals surface area contributed by atoms with Gasteiger partial charge in [-0.05, 0) is 25.1 Å². The predicted molar refractivity (Wildman–Crippen MR) is 93.3 cm³/mol. The van der Waals surface area contributed by atoms with Crippen LogP contribution in [-0.2, 0) is 14.4 Å². The van der Waals surface area contributed by atoms with Gasteiger partial charge in [-0.2, -0.15) is 13.5 Å². The molecule has 9 heteroatoms. The van der Waals surface area contributed by atoms with E-state index in [0.717, 1.165) is 5.56 Å². The second kappa shape index (κ2) is 7.91. The molecule has 0 atom stereocenters. The minimum absolute atomic E-state index is 0.00651. The van der Waals surface area contributed by atoms with Gasteiger partial charge >= 0.3 is 10.1 Å². The molecule has 0 amide bonds. The summed E-state index contributed by atoms with van der Waals surface area (Å²) in [7, 11) is -4.00. The van der Waals surface area contributed by atoms with Gasteiger partial charge in [0.15, 0.2) is 0 Å². The van der Waals surface area contributed by atoms with E-state index in [1.54, 1.807) is 36.4 Å². The van der Waals surface area contributed by atoms with Gasteiger partial charge in [0.2, 0.25) is 5.96 Å². The van der Waals surface area contributed by atoms with Crippen LogP contribution in [0.25, 0.3) is 0 Å². The highest BCUT2D eigenvalue weighted by Gasteiger charge is 2.15. The highest BCUT2D eigenvalue weighted by Crippen LogP contribution is 2.13. The molecule has 126 valence electrons. The Kier molecular flexibility index (Phi) is 5.91. The minimum Gasteiger partial charge on any atom is -0.367 e. The molecule has 0 spiro atoms. The van der Waals surface area contributed by atoms with Gasteiger partial charge in [-0.15, -0.1) is 9.39 Å². The van der Waals surface area contributed by atoms with E-state index >= 15 is 0 Å². The normalized spacial score (nSPS) is 12.5. The number of nitrogens with two attached hydrogens (primary N) is 1. The van der Waals surface area contributed by atoms with E-state index in [4.69, 9.17) is 17.3 Å². The van der Waals surface area contributed by atoms with E-state index in [2.05, 4.69) is 14.5 Å². The molecule has 2 rings (SSSR count). The zero-order chi connectivity index (χ0) is 17.6. The van der Waals surface area contributed by atoms with Crippen LogP contribution in [0.1, 0.15) is 11.1 Å². The Bertz CT molecular complexity index is 865. The molecule has 0 aliphatic rings. The maximum absolute atomic E-state index is 11.9. The molecular weight excluding hydrogens is 352 g/mol. The number of hydrogen-bond donors (Lipinski definition) is 2. The van der Waals surface area contributed by atoms with Crippen LogP contribution in [0.4, 0.5) is 0 Å². The van der Waals surface area contributed by atoms with E-state index in [-0.39, 0.29) is 10.9 Å². The number of nitrogens with zero attached hydrogens (tertiary/aromatic N) is 2. The number of benzene rings is 2. The molecule has 2 aromatic rings. The van der Waals surface area contributed by atoms with Crippen LogP contribution in [-0.4, -0.2) is 20.6 Å². The maximum Gasteiger partial charge on any atom is 0.317 e. The molecule has 0 saturated heterocycles. The summed E-state index contributed by atoms with van der Waals surface area (Å²) in [5, 5.41) is 7.78. The summed E-state index contributed by atoms with van der Waals surface area (Å²) in [5.74, 6) is -0.325. The standard InChI is InChI=1S/C15H15ClN4O3S/c1-11-6-8-13(9-7-11)24(21,22)23-20-15(17)19-18-10-12-4-2-3-5-14(12)16/h2-10H,1H3,(H3,17,19,20). The average molecular weight is 367 g/mol. The number of halogens is 1. The number of nitrogens with one attached hydrogen (secondary N) is 1. The molecule has 7 nitrogen and oxygen atoms in total. The molecule has 0 saturated carbocycles. The van der Waals surface area contributed by atoms with Gasteiger partial charge < -0.3 is 5.73 Å². The van der Waals surface area contributed by atoms with Crippen LogP contribution in [0.2, 0.25) is 5.02 Å². The molecule has 0 unspecified atom stereocenters. The molecule has 24 heavy (non-hydrogen) atoms. The molecular formula is C15H15ClN4O3S. The summed E-state index contributed by atoms with van der Waals surface area (Å²) in [6.45, 7) is 1.84. The predicted octanol–water partition coefficient (Wildman–Crippen LogP) is 2.21. The van der Waals surface area contributed by atoms with E-state index in [0.29, 0.717) is 10.6 Å². The van der Waals surface area contributed by atoms with Gasteiger partial charge in [-0.3, -0.25) is 0 Å². The summed E-state index contributed by atoms with van der Waals surface area (Å²) in [6, 6.07) is 13.2. The highest BCUT2D eigenvalue weighted by atomic mass is 35.5. The summed E-state index contributed by atoms with van der Waals surface area (Å²) in [5.41, 5.74) is 9.09. The first-order valence-electron chi connectivity index (χ1n) is 6.76. The summed E-state index contributed by atoms with van der Waals surface area (Å²) in [6.07, 6.45) is 1.38. The molecule has 0 aliphatic heterocycles. The van der Waals surface area contributed by atoms with Gasteiger partial charge in [0.1, 0.15) is 0 Å². The number of aryl methyl sites for hydroxylation is 1. The Morgan fingerprint density at radius 3 is 2.54 bits per heavy atom. The second-order valence-electron chi connectivity index (χ2n) is 4.70. The molecule has 2 aromatic carbocycles. The van der Waals surface area contributed by atoms with Crippen LogP contribution in [0, 0.1) is 6.92 Å². The largest absolute Gasteiger partial charge is 0.367 e. The van der Waals surface area contributed by atoms with E-state index < -0.39 is 10.1 Å². The average Bonchev–Trinajstić information content (AvgIpc) is 2.55. The Morgan fingerprint density at radius 1 is 1.21 bits per heavy atom. The van der Waals surface area contributed by atoms with E-state index in [1.165, 1.54) is 18.3 Å². The Morgan fingerprint density at radius 2 is 1.88 bits per heavy atom. The number of guanidine groups is 1. The lowest BCUT2D eigenvalue weighted by Gasteiger charge is -2.06. The van der Waals surface area contributed by atoms with Crippen molar-refractivity contribution >= 4 is 33.9 Å². The molecule has 0 radical (unpaired) electrons. The summed E-state index contributed by atoms with van der Waals surface area (Å²) < 4.78 is 28.5. The lowest BCUT2D eigenvalue weighted by molar-refractivity contribution is 0.266. The van der Waals surface area contributed by atoms with Crippen LogP contribution >= 0.6 is 11.6 Å². The molecule has 0 aliphatic carbocycles. The summed E-state index contributed by atoms with van der Waals surface area (Å²) in [4.78, 5) is -0.00651. The van der Waals surface area contributed by atoms with Crippen molar-refractivity contribution < 1.29 is 12.7 Å². The fraction of sp³-hybridized carbons (Fsp3) is 0.0667. The fourth-order valence-electron chi connectivity index (χ4n) is 1.60. The third kappa shape index (κ3) is 5.05. The molecule has 0 bridgehead atoms. The monoisotopic (exact) mass is 366 g/mol. The van der Waals surface area contributed by atoms with Gasteiger partial charge in [0, 0.05) is 10.6 Å². The number of hydroxylamine groups is 1. The maximum atomic E-state index is 11.9. The first kappa shape index (κ1) is 17.9. The van der Waals surface area contributed by atoms with Gasteiger partial charge in [0.05, 0.1) is 11.1 Å². The van der Waals surface area contributed by atoms with Crippen molar-refractivity contribution in [2.24, 2.45) is 15.9 Å². The van der Waals surface area contributed by atoms with Crippen molar-refractivity contribution in [1.82, 2.24) is 5.48 Å². The topological polar surface area (TPSA) is 106 Å². The number of hydrogen-bond acceptors (Lipinski definition) is 5. The SMILES string of the molecule is Cc1ccc(S(=O)(=O)ONC(N)=NN=Cc2ccccc2Cl)cc1. The van der Waals surface area contributed by atoms with Gasteiger partial charge in [-0.1, -0.05) is 47.5 Å². The minimum atomic E-state index is -4.00. The Labute approximate surface area is 144 Å². The van der Waals surface area contributed by atoms with Crippen LogP contribution in [0.3, 0.4) is 0 Å².